The van der Waals surface area contributed by atoms with Crippen molar-refractivity contribution in [1.29, 1.82) is 0 Å². The molecule has 3 aromatic rings. The highest BCUT2D eigenvalue weighted by Gasteiger charge is 2.17. The summed E-state index contributed by atoms with van der Waals surface area (Å²) in [5.41, 5.74) is 3.34. The molecule has 2 N–H and O–H groups in total. The van der Waals surface area contributed by atoms with Crippen LogP contribution >= 0.6 is 12.2 Å². The van der Waals surface area contributed by atoms with Crippen LogP contribution in [0.1, 0.15) is 17.5 Å². The van der Waals surface area contributed by atoms with Crippen LogP contribution in [0.2, 0.25) is 0 Å². The Labute approximate surface area is 205 Å². The van der Waals surface area contributed by atoms with E-state index in [-0.39, 0.29) is 5.56 Å². The van der Waals surface area contributed by atoms with Crippen LogP contribution in [-0.4, -0.2) is 66.4 Å². The normalized spacial score (nSPS) is 14.2. The third-order valence-electron chi connectivity index (χ3n) is 6.17. The van der Waals surface area contributed by atoms with Gasteiger partial charge in [-0.1, -0.05) is 30.3 Å². The minimum Gasteiger partial charge on any atom is -0.495 e. The lowest BCUT2D eigenvalue weighted by Gasteiger charge is -2.29. The fraction of sp³-hybridized carbons (Fsp3) is 0.385. The predicted molar refractivity (Wildman–Crippen MR) is 141 cm³/mol. The molecule has 0 spiro atoms. The topological polar surface area (TPSA) is 69.8 Å². The summed E-state index contributed by atoms with van der Waals surface area (Å²) in [5, 5.41) is 4.91. The zero-order valence-electron chi connectivity index (χ0n) is 19.8. The molecule has 0 bridgehead atoms. The molecular formula is C26H32N4O3S. The lowest BCUT2D eigenvalue weighted by atomic mass is 10.1. The van der Waals surface area contributed by atoms with Crippen molar-refractivity contribution in [2.45, 2.75) is 19.9 Å². The molecule has 0 aliphatic carbocycles. The van der Waals surface area contributed by atoms with E-state index in [0.717, 1.165) is 73.7 Å². The van der Waals surface area contributed by atoms with Gasteiger partial charge in [-0.3, -0.25) is 9.69 Å². The minimum absolute atomic E-state index is 0.0833. The molecular weight excluding hydrogens is 448 g/mol. The number of nitrogens with one attached hydrogen (secondary N) is 2. The summed E-state index contributed by atoms with van der Waals surface area (Å²) in [6, 6.07) is 15.7. The number of benzene rings is 2. The van der Waals surface area contributed by atoms with Gasteiger partial charge in [0.25, 0.3) is 5.56 Å². The number of morpholine rings is 1. The van der Waals surface area contributed by atoms with Gasteiger partial charge in [0.15, 0.2) is 5.11 Å². The molecule has 1 fully saturated rings. The minimum atomic E-state index is -0.0833. The van der Waals surface area contributed by atoms with Crippen LogP contribution in [0.15, 0.2) is 53.3 Å². The number of rotatable bonds is 8. The Kier molecular flexibility index (Phi) is 8.16. The number of fused-ring (bicyclic) bond motifs is 1. The van der Waals surface area contributed by atoms with Crippen molar-refractivity contribution in [2.24, 2.45) is 0 Å². The number of aryl methyl sites for hydroxylation is 1. The van der Waals surface area contributed by atoms with Gasteiger partial charge < -0.3 is 24.7 Å². The average molecular weight is 481 g/mol. The van der Waals surface area contributed by atoms with E-state index >= 15 is 0 Å². The SMILES string of the molecule is COc1ccccc1NC(=S)N(CCCN1CCOCC1)Cc1cc2cccc(C)c2[nH]c1=O. The second-order valence-electron chi connectivity index (χ2n) is 8.52. The number of methoxy groups -OCH3 is 1. The van der Waals surface area contributed by atoms with Gasteiger partial charge in [0, 0.05) is 31.7 Å². The van der Waals surface area contributed by atoms with Gasteiger partial charge in [-0.25, -0.2) is 0 Å². The highest BCUT2D eigenvalue weighted by Crippen LogP contribution is 2.24. The molecule has 0 saturated carbocycles. The number of nitrogens with zero attached hydrogens (tertiary/aromatic N) is 2. The van der Waals surface area contributed by atoms with Crippen LogP contribution < -0.4 is 15.6 Å². The molecule has 0 radical (unpaired) electrons. The number of ether oxygens (including phenoxy) is 2. The Hall–Kier alpha value is -2.94. The molecule has 7 nitrogen and oxygen atoms in total. The Morgan fingerprint density at radius 3 is 2.79 bits per heavy atom. The Bertz CT molecular complexity index is 1190. The second kappa shape index (κ2) is 11.5. The predicted octanol–water partition coefficient (Wildman–Crippen LogP) is 3.77. The van der Waals surface area contributed by atoms with Gasteiger partial charge >= 0.3 is 0 Å². The number of H-pyrrole nitrogens is 1. The fourth-order valence-corrected chi connectivity index (χ4v) is 4.52. The van der Waals surface area contributed by atoms with Crippen LogP contribution in [0.4, 0.5) is 5.69 Å². The maximum Gasteiger partial charge on any atom is 0.253 e. The van der Waals surface area contributed by atoms with Gasteiger partial charge in [-0.2, -0.15) is 0 Å². The number of para-hydroxylation sites is 3. The first kappa shape index (κ1) is 24.2. The zero-order chi connectivity index (χ0) is 23.9. The van der Waals surface area contributed by atoms with Crippen LogP contribution in [0, 0.1) is 6.92 Å². The van der Waals surface area contributed by atoms with Crippen molar-refractivity contribution in [3.05, 3.63) is 70.0 Å². The number of pyridine rings is 1. The summed E-state index contributed by atoms with van der Waals surface area (Å²) in [6.07, 6.45) is 0.929. The molecule has 4 rings (SSSR count). The number of hydrogen-bond donors (Lipinski definition) is 2. The summed E-state index contributed by atoms with van der Waals surface area (Å²) in [6.45, 7) is 7.58. The van der Waals surface area contributed by atoms with Crippen molar-refractivity contribution < 1.29 is 9.47 Å². The first-order valence-corrected chi connectivity index (χ1v) is 12.1. The van der Waals surface area contributed by atoms with E-state index in [9.17, 15) is 4.79 Å². The summed E-state index contributed by atoms with van der Waals surface area (Å²) in [4.78, 5) is 20.5. The molecule has 1 aliphatic heterocycles. The number of anilines is 1. The van der Waals surface area contributed by atoms with Gasteiger partial charge in [0.2, 0.25) is 0 Å². The lowest BCUT2D eigenvalue weighted by Crippen LogP contribution is -2.40. The number of aromatic amines is 1. The number of aromatic nitrogens is 1. The van der Waals surface area contributed by atoms with Crippen LogP contribution in [-0.2, 0) is 11.3 Å². The van der Waals surface area contributed by atoms with Gasteiger partial charge in [0.1, 0.15) is 5.75 Å². The maximum atomic E-state index is 12.9. The quantitative estimate of drug-likeness (QED) is 0.476. The molecule has 34 heavy (non-hydrogen) atoms. The lowest BCUT2D eigenvalue weighted by molar-refractivity contribution is 0.0367. The van der Waals surface area contributed by atoms with Crippen molar-refractivity contribution in [2.75, 3.05) is 51.8 Å². The summed E-state index contributed by atoms with van der Waals surface area (Å²) >= 11 is 5.81. The van der Waals surface area contributed by atoms with Crippen LogP contribution in [0.25, 0.3) is 10.9 Å². The average Bonchev–Trinajstić information content (AvgIpc) is 2.85. The van der Waals surface area contributed by atoms with Crippen molar-refractivity contribution >= 4 is 33.9 Å². The van der Waals surface area contributed by atoms with E-state index in [0.29, 0.717) is 17.2 Å². The molecule has 0 atom stereocenters. The maximum absolute atomic E-state index is 12.9. The molecule has 1 saturated heterocycles. The highest BCUT2D eigenvalue weighted by atomic mass is 32.1. The molecule has 8 heteroatoms. The van der Waals surface area contributed by atoms with E-state index in [2.05, 4.69) is 20.1 Å². The third kappa shape index (κ3) is 5.94. The van der Waals surface area contributed by atoms with Crippen molar-refractivity contribution in [3.8, 4) is 5.75 Å². The van der Waals surface area contributed by atoms with Gasteiger partial charge in [-0.05, 0) is 54.7 Å². The van der Waals surface area contributed by atoms with Gasteiger partial charge in [0.05, 0.1) is 38.1 Å². The number of thiocarbonyl (C=S) groups is 1. The molecule has 1 aromatic heterocycles. The van der Waals surface area contributed by atoms with Crippen LogP contribution in [0.3, 0.4) is 0 Å². The van der Waals surface area contributed by atoms with E-state index in [1.54, 1.807) is 7.11 Å². The Morgan fingerprint density at radius 2 is 2.00 bits per heavy atom. The zero-order valence-corrected chi connectivity index (χ0v) is 20.6. The summed E-state index contributed by atoms with van der Waals surface area (Å²) in [5.74, 6) is 0.720. The Morgan fingerprint density at radius 1 is 1.21 bits per heavy atom. The number of hydrogen-bond acceptors (Lipinski definition) is 5. The van der Waals surface area contributed by atoms with Crippen LogP contribution in [0.5, 0.6) is 5.75 Å². The molecule has 0 amide bonds. The molecule has 180 valence electrons. The largest absolute Gasteiger partial charge is 0.495 e. The Balaban J connectivity index is 1.54. The summed E-state index contributed by atoms with van der Waals surface area (Å²) in [7, 11) is 1.64. The van der Waals surface area contributed by atoms with E-state index in [1.807, 2.05) is 55.5 Å². The highest BCUT2D eigenvalue weighted by molar-refractivity contribution is 7.80. The fourth-order valence-electron chi connectivity index (χ4n) is 4.26. The van der Waals surface area contributed by atoms with E-state index in [4.69, 9.17) is 21.7 Å². The second-order valence-corrected chi connectivity index (χ2v) is 8.91. The molecule has 0 unspecified atom stereocenters. The molecule has 1 aliphatic rings. The molecule has 2 aromatic carbocycles. The third-order valence-corrected chi connectivity index (χ3v) is 6.53. The van der Waals surface area contributed by atoms with E-state index < -0.39 is 0 Å². The first-order valence-electron chi connectivity index (χ1n) is 11.7. The van der Waals surface area contributed by atoms with Gasteiger partial charge in [-0.15, -0.1) is 0 Å². The van der Waals surface area contributed by atoms with E-state index in [1.165, 1.54) is 0 Å². The smallest absolute Gasteiger partial charge is 0.253 e. The summed E-state index contributed by atoms with van der Waals surface area (Å²) < 4.78 is 10.9. The standard InChI is InChI=1S/C26H32N4O3S/c1-19-7-5-8-20-17-21(25(31)28-24(19)20)18-30(12-6-11-29-13-15-33-16-14-29)26(34)27-22-9-3-4-10-23(22)32-2/h3-5,7-10,17H,6,11-16,18H2,1-2H3,(H,27,34)(H,28,31). The monoisotopic (exact) mass is 480 g/mol. The molecule has 2 heterocycles. The van der Waals surface area contributed by atoms with Crippen molar-refractivity contribution in [3.63, 3.8) is 0 Å². The first-order chi connectivity index (χ1) is 16.5. The van der Waals surface area contributed by atoms with Crippen molar-refractivity contribution in [1.82, 2.24) is 14.8 Å².